The Morgan fingerprint density at radius 2 is 2.08 bits per heavy atom. The van der Waals surface area contributed by atoms with Gasteiger partial charge in [-0.05, 0) is 33.8 Å². The van der Waals surface area contributed by atoms with Crippen molar-refractivity contribution in [3.63, 3.8) is 0 Å². The first-order valence-corrected chi connectivity index (χ1v) is 8.16. The van der Waals surface area contributed by atoms with E-state index in [1.54, 1.807) is 26.0 Å². The molecule has 0 saturated carbocycles. The highest BCUT2D eigenvalue weighted by atomic mass is 16.5. The van der Waals surface area contributed by atoms with Crippen molar-refractivity contribution < 1.29 is 19.1 Å². The van der Waals surface area contributed by atoms with Gasteiger partial charge in [-0.25, -0.2) is 4.79 Å². The molecule has 1 unspecified atom stereocenters. The van der Waals surface area contributed by atoms with E-state index in [-0.39, 0.29) is 22.8 Å². The molecule has 3 N–H and O–H groups in total. The maximum Gasteiger partial charge on any atom is 0.339 e. The number of nitrogens with one attached hydrogen (secondary N) is 1. The number of hydrogen-bond donors (Lipinski definition) is 2. The Balaban J connectivity index is 2.38. The molecule has 1 aromatic carbocycles. The lowest BCUT2D eigenvalue weighted by Gasteiger charge is -2.34. The smallest absolute Gasteiger partial charge is 0.339 e. The van der Waals surface area contributed by atoms with Crippen molar-refractivity contribution in [2.24, 2.45) is 5.73 Å². The second kappa shape index (κ2) is 5.92. The van der Waals surface area contributed by atoms with E-state index in [1.165, 1.54) is 6.92 Å². The molecule has 134 valence electrons. The van der Waals surface area contributed by atoms with Crippen LogP contribution in [0.15, 0.2) is 41.0 Å². The Kier molecular flexibility index (Phi) is 3.99. The molecular weight excluding hydrogens is 334 g/mol. The van der Waals surface area contributed by atoms with Gasteiger partial charge in [0.1, 0.15) is 23.0 Å². The zero-order chi connectivity index (χ0) is 19.2. The number of rotatable bonds is 2. The maximum absolute atomic E-state index is 13.1. The first kappa shape index (κ1) is 17.5. The highest BCUT2D eigenvalue weighted by Gasteiger charge is 2.59. The molecule has 0 bridgehead atoms. The molecule has 2 aliphatic rings. The molecule has 0 aromatic heterocycles. The van der Waals surface area contributed by atoms with Gasteiger partial charge in [0.25, 0.3) is 0 Å². The first-order chi connectivity index (χ1) is 12.2. The molecule has 1 spiro atoms. The Bertz CT molecular complexity index is 937. The quantitative estimate of drug-likeness (QED) is 0.787. The summed E-state index contributed by atoms with van der Waals surface area (Å²) in [5.74, 6) is -1.31. The Hall–Kier alpha value is -3.27. The van der Waals surface area contributed by atoms with Crippen LogP contribution in [0.25, 0.3) is 0 Å². The van der Waals surface area contributed by atoms with Gasteiger partial charge in [0.05, 0.1) is 6.10 Å². The summed E-state index contributed by atoms with van der Waals surface area (Å²) in [5.41, 5.74) is 5.96. The highest BCUT2D eigenvalue weighted by Crippen LogP contribution is 2.52. The van der Waals surface area contributed by atoms with Crippen LogP contribution in [0.3, 0.4) is 0 Å². The summed E-state index contributed by atoms with van der Waals surface area (Å²) in [5, 5.41) is 12.5. The van der Waals surface area contributed by atoms with E-state index in [0.29, 0.717) is 11.3 Å². The Morgan fingerprint density at radius 3 is 2.69 bits per heavy atom. The standard InChI is InChI=1S/C19H19N3O4/c1-9(2)25-17(23)15-11(4)26-16(21)13(8-20)19(15)12-7-10(3)5-6-14(12)22-18(19)24/h5-7,9H,21H2,1-4H3,(H,22,24). The van der Waals surface area contributed by atoms with Crippen molar-refractivity contribution >= 4 is 17.6 Å². The predicted octanol–water partition coefficient (Wildman–Crippen LogP) is 2.13. The fourth-order valence-electron chi connectivity index (χ4n) is 3.46. The second-order valence-corrected chi connectivity index (χ2v) is 6.59. The average Bonchev–Trinajstić information content (AvgIpc) is 2.80. The zero-order valence-electron chi connectivity index (χ0n) is 15.0. The summed E-state index contributed by atoms with van der Waals surface area (Å²) in [4.78, 5) is 26.0. The molecule has 2 heterocycles. The number of carbonyl (C=O) groups is 2. The molecule has 7 heteroatoms. The minimum Gasteiger partial charge on any atom is -0.459 e. The molecule has 1 aromatic rings. The van der Waals surface area contributed by atoms with E-state index in [4.69, 9.17) is 15.2 Å². The number of carbonyl (C=O) groups excluding carboxylic acids is 2. The van der Waals surface area contributed by atoms with Crippen LogP contribution in [-0.2, 0) is 24.5 Å². The van der Waals surface area contributed by atoms with Gasteiger partial charge < -0.3 is 20.5 Å². The van der Waals surface area contributed by atoms with Gasteiger partial charge in [0, 0.05) is 11.3 Å². The molecule has 0 saturated heterocycles. The van der Waals surface area contributed by atoms with Gasteiger partial charge in [-0.15, -0.1) is 0 Å². The largest absolute Gasteiger partial charge is 0.459 e. The molecule has 3 rings (SSSR count). The average molecular weight is 353 g/mol. The second-order valence-electron chi connectivity index (χ2n) is 6.59. The van der Waals surface area contributed by atoms with Gasteiger partial charge in [-0.3, -0.25) is 4.79 Å². The molecule has 26 heavy (non-hydrogen) atoms. The number of hydrogen-bond acceptors (Lipinski definition) is 6. The molecule has 1 amide bonds. The lowest BCUT2D eigenvalue weighted by atomic mass is 9.68. The van der Waals surface area contributed by atoms with Crippen LogP contribution in [-0.4, -0.2) is 18.0 Å². The molecular formula is C19H19N3O4. The van der Waals surface area contributed by atoms with Crippen molar-refractivity contribution in [2.75, 3.05) is 5.32 Å². The highest BCUT2D eigenvalue weighted by molar-refractivity contribution is 6.17. The number of nitrogens with two attached hydrogens (primary N) is 1. The van der Waals surface area contributed by atoms with Crippen LogP contribution in [0.2, 0.25) is 0 Å². The van der Waals surface area contributed by atoms with Crippen LogP contribution in [0, 0.1) is 18.3 Å². The number of aryl methyl sites for hydroxylation is 1. The van der Waals surface area contributed by atoms with E-state index in [0.717, 1.165) is 5.56 Å². The summed E-state index contributed by atoms with van der Waals surface area (Å²) < 4.78 is 10.8. The predicted molar refractivity (Wildman–Crippen MR) is 93.3 cm³/mol. The van der Waals surface area contributed by atoms with E-state index in [2.05, 4.69) is 5.32 Å². The first-order valence-electron chi connectivity index (χ1n) is 8.16. The lowest BCUT2D eigenvalue weighted by molar-refractivity contribution is -0.144. The minimum absolute atomic E-state index is 0.0289. The van der Waals surface area contributed by atoms with Crippen LogP contribution >= 0.6 is 0 Å². The summed E-state index contributed by atoms with van der Waals surface area (Å²) in [7, 11) is 0. The SMILES string of the molecule is CC1=C(C(=O)OC(C)C)C2(C(=O)Nc3ccc(C)cc32)C(C#N)=C(N)O1. The van der Waals surface area contributed by atoms with Crippen LogP contribution < -0.4 is 11.1 Å². The Labute approximate surface area is 151 Å². The molecule has 2 aliphatic heterocycles. The van der Waals surface area contributed by atoms with Crippen LogP contribution in [0.4, 0.5) is 5.69 Å². The van der Waals surface area contributed by atoms with E-state index >= 15 is 0 Å². The number of anilines is 1. The van der Waals surface area contributed by atoms with Gasteiger partial charge in [0.15, 0.2) is 5.41 Å². The van der Waals surface area contributed by atoms with E-state index in [1.807, 2.05) is 19.1 Å². The molecule has 0 fully saturated rings. The van der Waals surface area contributed by atoms with Crippen LogP contribution in [0.5, 0.6) is 0 Å². The monoisotopic (exact) mass is 353 g/mol. The number of fused-ring (bicyclic) bond motifs is 2. The number of amides is 1. The summed E-state index contributed by atoms with van der Waals surface area (Å²) in [6, 6.07) is 7.29. The normalized spacial score (nSPS) is 21.5. The molecule has 7 nitrogen and oxygen atoms in total. The number of nitrogens with zero attached hydrogens (tertiary/aromatic N) is 1. The zero-order valence-corrected chi connectivity index (χ0v) is 15.0. The number of allylic oxidation sites excluding steroid dienone is 1. The van der Waals surface area contributed by atoms with Crippen molar-refractivity contribution in [3.8, 4) is 6.07 Å². The minimum atomic E-state index is -1.69. The topological polar surface area (TPSA) is 114 Å². The third-order valence-corrected chi connectivity index (χ3v) is 4.44. The van der Waals surface area contributed by atoms with Crippen LogP contribution in [0.1, 0.15) is 31.9 Å². The fraction of sp³-hybridized carbons (Fsp3) is 0.316. The van der Waals surface area contributed by atoms with Gasteiger partial charge >= 0.3 is 5.97 Å². The van der Waals surface area contributed by atoms with E-state index < -0.39 is 23.4 Å². The number of benzene rings is 1. The van der Waals surface area contributed by atoms with Gasteiger partial charge in [0.2, 0.25) is 11.8 Å². The third kappa shape index (κ3) is 2.26. The van der Waals surface area contributed by atoms with Gasteiger partial charge in [-0.1, -0.05) is 17.7 Å². The summed E-state index contributed by atoms with van der Waals surface area (Å²) in [6.45, 7) is 6.79. The molecule has 1 atom stereocenters. The lowest BCUT2D eigenvalue weighted by Crippen LogP contribution is -2.46. The fourth-order valence-corrected chi connectivity index (χ4v) is 3.46. The van der Waals surface area contributed by atoms with Crippen molar-refractivity contribution in [3.05, 3.63) is 52.1 Å². The third-order valence-electron chi connectivity index (χ3n) is 4.44. The molecule has 0 aliphatic carbocycles. The van der Waals surface area contributed by atoms with E-state index in [9.17, 15) is 14.9 Å². The number of esters is 1. The summed E-state index contributed by atoms with van der Waals surface area (Å²) >= 11 is 0. The number of nitriles is 1. The molecule has 0 radical (unpaired) electrons. The maximum atomic E-state index is 13.1. The van der Waals surface area contributed by atoms with Crippen molar-refractivity contribution in [2.45, 2.75) is 39.2 Å². The Morgan fingerprint density at radius 1 is 1.38 bits per heavy atom. The summed E-state index contributed by atoms with van der Waals surface area (Å²) in [6.07, 6.45) is -0.407. The number of ether oxygens (including phenoxy) is 2. The van der Waals surface area contributed by atoms with Crippen molar-refractivity contribution in [1.29, 1.82) is 5.26 Å². The van der Waals surface area contributed by atoms with Crippen molar-refractivity contribution in [1.82, 2.24) is 0 Å². The van der Waals surface area contributed by atoms with Gasteiger partial charge in [-0.2, -0.15) is 5.26 Å².